The van der Waals surface area contributed by atoms with Crippen LogP contribution in [0.2, 0.25) is 9.45 Å². The van der Waals surface area contributed by atoms with Gasteiger partial charge in [-0.2, -0.15) is 0 Å². The molecule has 0 saturated carbocycles. The van der Waals surface area contributed by atoms with Crippen LogP contribution in [0.4, 0.5) is 0 Å². The molecule has 0 aliphatic carbocycles. The van der Waals surface area contributed by atoms with Crippen LogP contribution >= 0.6 is 0 Å². The van der Waals surface area contributed by atoms with Crippen LogP contribution in [0.25, 0.3) is 0 Å². The van der Waals surface area contributed by atoms with Gasteiger partial charge in [0.2, 0.25) is 0 Å². The monoisotopic (exact) mass is 347 g/mol. The Morgan fingerprint density at radius 3 is 1.38 bits per heavy atom. The Hall–Kier alpha value is 0.434. The average molecular weight is 347 g/mol. The van der Waals surface area contributed by atoms with Crippen molar-refractivity contribution in [3.05, 3.63) is 0 Å². The first kappa shape index (κ1) is 21.4. The number of hydrogen-bond acceptors (Lipinski definition) is 7. The van der Waals surface area contributed by atoms with Gasteiger partial charge in [0.15, 0.2) is 0 Å². The molecular weight excluding hydrogens is 312 g/mol. The summed E-state index contributed by atoms with van der Waals surface area (Å²) in [5, 5.41) is 0. The summed E-state index contributed by atoms with van der Waals surface area (Å²) in [5.74, 6) is 0. The molecule has 0 amide bonds. The second kappa shape index (κ2) is 6.51. The predicted octanol–water partition coefficient (Wildman–Crippen LogP) is 1.87. The maximum absolute atomic E-state index is 6.27. The first-order valence-corrected chi connectivity index (χ1v) is 13.2. The van der Waals surface area contributed by atoms with Crippen molar-refractivity contribution in [3.8, 4) is 0 Å². The zero-order chi connectivity index (χ0) is 16.6. The van der Waals surface area contributed by atoms with Crippen molar-refractivity contribution < 1.29 is 31.3 Å². The van der Waals surface area contributed by atoms with Gasteiger partial charge in [0.1, 0.15) is 0 Å². The van der Waals surface area contributed by atoms with E-state index in [-0.39, 0.29) is 11.3 Å². The van der Waals surface area contributed by atoms with Gasteiger partial charge in [-0.05, 0) is 0 Å². The van der Waals surface area contributed by atoms with Gasteiger partial charge in [-0.3, -0.25) is 0 Å². The molecule has 0 aliphatic heterocycles. The average Bonchev–Trinajstić information content (AvgIpc) is 2.48. The molecule has 0 rings (SSSR count). The second-order valence-corrected chi connectivity index (χ2v) is 17.7. The Morgan fingerprint density at radius 2 is 1.14 bits per heavy atom. The zero-order valence-corrected chi connectivity index (χ0v) is 15.9. The van der Waals surface area contributed by atoms with Crippen LogP contribution in [0.15, 0.2) is 0 Å². The molecule has 0 aromatic heterocycles. The molecule has 0 fully saturated rings. The van der Waals surface area contributed by atoms with Crippen molar-refractivity contribution >= 4 is 0 Å². The molecule has 0 radical (unpaired) electrons. The van der Waals surface area contributed by atoms with Crippen molar-refractivity contribution in [1.82, 2.24) is 0 Å². The zero-order valence-electron chi connectivity index (χ0n) is 14.4. The van der Waals surface area contributed by atoms with Gasteiger partial charge in [0, 0.05) is 0 Å². The normalized spacial score (nSPS) is 17.8. The van der Waals surface area contributed by atoms with Gasteiger partial charge in [0.05, 0.1) is 0 Å². The third-order valence-electron chi connectivity index (χ3n) is 4.90. The molecule has 4 N–H and O–H groups in total. The fourth-order valence-electron chi connectivity index (χ4n) is 3.83. The summed E-state index contributed by atoms with van der Waals surface area (Å²) in [5.41, 5.74) is 11.6. The first-order valence-electron chi connectivity index (χ1n) is 7.85. The van der Waals surface area contributed by atoms with E-state index in [0.717, 1.165) is 0 Å². The van der Waals surface area contributed by atoms with E-state index in [4.69, 9.17) is 28.1 Å². The summed E-state index contributed by atoms with van der Waals surface area (Å²) in [6.07, 6.45) is 0.581. The molecule has 0 spiro atoms. The molecular formula is C13H35N2O5Ti. The maximum atomic E-state index is 6.27. The third kappa shape index (κ3) is 2.96. The predicted molar refractivity (Wildman–Crippen MR) is 81.2 cm³/mol. The van der Waals surface area contributed by atoms with Gasteiger partial charge in [0.25, 0.3) is 0 Å². The van der Waals surface area contributed by atoms with Crippen molar-refractivity contribution in [2.75, 3.05) is 47.1 Å². The minimum absolute atomic E-state index is 0.223. The van der Waals surface area contributed by atoms with E-state index in [0.29, 0.717) is 37.5 Å². The minimum atomic E-state index is -6.17. The summed E-state index contributed by atoms with van der Waals surface area (Å²) in [4.78, 5) is 0. The Kier molecular flexibility index (Phi) is 6.64. The standard InChI is InChI=1S/C3H8N.C2H6N.3C2H5O.2CH3O.Ti/c1-2-3-4;4*1-2-3;2*1-2;/h1-4H2;1-3H2;3*2H2,1H3;2*1H3;/q;;5*-1;+5. The summed E-state index contributed by atoms with van der Waals surface area (Å²) < 4.78 is 31.5. The molecule has 131 valence electrons. The Labute approximate surface area is 126 Å². The van der Waals surface area contributed by atoms with Crippen LogP contribution in [-0.4, -0.2) is 47.1 Å². The van der Waals surface area contributed by atoms with Crippen LogP contribution in [0.5, 0.6) is 0 Å². The Morgan fingerprint density at radius 1 is 0.714 bits per heavy atom. The van der Waals surface area contributed by atoms with Crippen molar-refractivity contribution in [3.63, 3.8) is 0 Å². The van der Waals surface area contributed by atoms with Gasteiger partial charge < -0.3 is 0 Å². The molecule has 0 aromatic rings. The quantitative estimate of drug-likeness (QED) is 0.491. The number of nitrogens with two attached hydrogens (primary N) is 2. The summed E-state index contributed by atoms with van der Waals surface area (Å²) >= 11 is -6.17. The molecule has 8 heteroatoms. The van der Waals surface area contributed by atoms with Crippen molar-refractivity contribution in [2.45, 2.75) is 36.6 Å². The van der Waals surface area contributed by atoms with E-state index in [1.165, 1.54) is 14.2 Å². The molecule has 0 atom stereocenters. The van der Waals surface area contributed by atoms with Crippen LogP contribution in [0.1, 0.15) is 27.2 Å². The van der Waals surface area contributed by atoms with E-state index in [2.05, 4.69) is 0 Å². The van der Waals surface area contributed by atoms with Gasteiger partial charge in [-0.1, -0.05) is 0 Å². The van der Waals surface area contributed by atoms with Crippen molar-refractivity contribution in [2.24, 2.45) is 11.5 Å². The molecule has 0 saturated heterocycles. The van der Waals surface area contributed by atoms with Gasteiger partial charge >= 0.3 is 127 Å². The molecule has 0 heterocycles. The molecule has 21 heavy (non-hydrogen) atoms. The number of rotatable bonds is 13. The van der Waals surface area contributed by atoms with Crippen LogP contribution < -0.4 is 11.5 Å². The van der Waals surface area contributed by atoms with Crippen molar-refractivity contribution in [1.29, 1.82) is 0 Å². The second-order valence-electron chi connectivity index (χ2n) is 5.66. The SMILES string of the molecule is CC[O][Ti]([CH2]CN)([CH2]CCN)([O]C)([O]C)([O]CC)[O]CC. The topological polar surface area (TPSA) is 98.2 Å². The van der Waals surface area contributed by atoms with Crippen LogP contribution in [-0.2, 0) is 31.3 Å². The summed E-state index contributed by atoms with van der Waals surface area (Å²) in [7, 11) is 3.04. The summed E-state index contributed by atoms with van der Waals surface area (Å²) in [6.45, 7) is 7.24. The first-order chi connectivity index (χ1) is 9.82. The van der Waals surface area contributed by atoms with E-state index >= 15 is 0 Å². The van der Waals surface area contributed by atoms with Gasteiger partial charge in [-0.15, -0.1) is 0 Å². The van der Waals surface area contributed by atoms with Crippen LogP contribution in [0, 0.1) is 0 Å². The molecule has 0 aliphatic rings. The van der Waals surface area contributed by atoms with E-state index in [1.54, 1.807) is 0 Å². The molecule has 7 nitrogen and oxygen atoms in total. The summed E-state index contributed by atoms with van der Waals surface area (Å²) in [6, 6.07) is 0. The van der Waals surface area contributed by atoms with E-state index < -0.39 is 14.7 Å². The Bertz CT molecular complexity index is 309. The van der Waals surface area contributed by atoms with Gasteiger partial charge in [-0.25, -0.2) is 0 Å². The third-order valence-corrected chi connectivity index (χ3v) is 19.5. The molecule has 0 unspecified atom stereocenters. The van der Waals surface area contributed by atoms with E-state index in [1.807, 2.05) is 20.8 Å². The fraction of sp³-hybridized carbons (Fsp3) is 1.00. The fourth-order valence-corrected chi connectivity index (χ4v) is 15.8. The molecule has 0 aromatic carbocycles. The molecule has 0 bridgehead atoms. The number of hydrogen-bond donors (Lipinski definition) is 2. The van der Waals surface area contributed by atoms with Crippen LogP contribution in [0.3, 0.4) is 0 Å². The Balaban J connectivity index is 6.65. The van der Waals surface area contributed by atoms with E-state index in [9.17, 15) is 0 Å².